The quantitative estimate of drug-likeness (QED) is 0.687. The molecule has 1 heterocycles. The predicted octanol–water partition coefficient (Wildman–Crippen LogP) is 3.23. The zero-order chi connectivity index (χ0) is 13.1. The minimum absolute atomic E-state index is 0.188. The van der Waals surface area contributed by atoms with E-state index in [1.54, 1.807) is 24.3 Å². The van der Waals surface area contributed by atoms with Crippen LogP contribution < -0.4 is 10.1 Å². The molecule has 1 amide bonds. The van der Waals surface area contributed by atoms with Gasteiger partial charge in [-0.2, -0.15) is 0 Å². The molecule has 1 aromatic carbocycles. The summed E-state index contributed by atoms with van der Waals surface area (Å²) in [5.41, 5.74) is 0.770. The number of carbonyl (C=O) groups is 1. The summed E-state index contributed by atoms with van der Waals surface area (Å²) < 4.78 is 5.95. The van der Waals surface area contributed by atoms with Gasteiger partial charge < -0.3 is 10.1 Å². The third-order valence-electron chi connectivity index (χ3n) is 2.20. The molecule has 1 aliphatic heterocycles. The summed E-state index contributed by atoms with van der Waals surface area (Å²) >= 11 is 12.1. The summed E-state index contributed by atoms with van der Waals surface area (Å²) in [4.78, 5) is 12.1. The van der Waals surface area contributed by atoms with Crippen molar-refractivity contribution >= 4 is 51.9 Å². The van der Waals surface area contributed by atoms with E-state index < -0.39 is 0 Å². The molecule has 6 heteroatoms. The molecule has 0 radical (unpaired) electrons. The summed E-state index contributed by atoms with van der Waals surface area (Å²) in [5, 5.41) is 3.16. The fourth-order valence-corrected chi connectivity index (χ4v) is 2.70. The Morgan fingerprint density at radius 1 is 1.56 bits per heavy atom. The highest BCUT2D eigenvalue weighted by atomic mass is 35.5. The maximum absolute atomic E-state index is 11.6. The van der Waals surface area contributed by atoms with E-state index >= 15 is 0 Å². The summed E-state index contributed by atoms with van der Waals surface area (Å²) in [6.45, 7) is 2.45. The van der Waals surface area contributed by atoms with Gasteiger partial charge in [0.1, 0.15) is 10.1 Å². The van der Waals surface area contributed by atoms with E-state index in [2.05, 4.69) is 5.32 Å². The lowest BCUT2D eigenvalue weighted by molar-refractivity contribution is -0.115. The average Bonchev–Trinajstić information content (AvgIpc) is 2.61. The average molecular weight is 300 g/mol. The largest absolute Gasteiger partial charge is 0.493 e. The number of nitrogens with one attached hydrogen (secondary N) is 1. The Morgan fingerprint density at radius 3 is 2.94 bits per heavy atom. The molecule has 1 saturated heterocycles. The fourth-order valence-electron chi connectivity index (χ4n) is 1.48. The Hall–Kier alpha value is -1.04. The number of thioether (sulfide) groups is 1. The first-order valence-corrected chi connectivity index (χ1v) is 6.87. The number of benzene rings is 1. The van der Waals surface area contributed by atoms with Crippen LogP contribution in [0.3, 0.4) is 0 Å². The van der Waals surface area contributed by atoms with Crippen LogP contribution in [0.15, 0.2) is 23.1 Å². The highest BCUT2D eigenvalue weighted by molar-refractivity contribution is 8.26. The number of carbonyl (C=O) groups excluding carboxylic acids is 1. The van der Waals surface area contributed by atoms with Gasteiger partial charge in [-0.1, -0.05) is 35.6 Å². The van der Waals surface area contributed by atoms with Gasteiger partial charge >= 0.3 is 0 Å². The number of thiocarbonyl (C=S) groups is 1. The lowest BCUT2D eigenvalue weighted by atomic mass is 10.2. The monoisotopic (exact) mass is 299 g/mol. The molecule has 1 fully saturated rings. The van der Waals surface area contributed by atoms with Crippen LogP contribution in [-0.2, 0) is 4.79 Å². The highest BCUT2D eigenvalue weighted by Gasteiger charge is 2.22. The molecule has 0 unspecified atom stereocenters. The van der Waals surface area contributed by atoms with Crippen molar-refractivity contribution in [2.45, 2.75) is 6.92 Å². The van der Waals surface area contributed by atoms with Crippen molar-refractivity contribution in [1.82, 2.24) is 5.32 Å². The molecule has 0 aliphatic carbocycles. The maximum Gasteiger partial charge on any atom is 0.263 e. The zero-order valence-corrected chi connectivity index (χ0v) is 11.9. The van der Waals surface area contributed by atoms with Gasteiger partial charge in [0.15, 0.2) is 0 Å². The van der Waals surface area contributed by atoms with E-state index in [-0.39, 0.29) is 5.91 Å². The molecule has 1 aromatic rings. The smallest absolute Gasteiger partial charge is 0.263 e. The number of halogens is 1. The molecular weight excluding hydrogens is 290 g/mol. The first-order chi connectivity index (χ1) is 8.60. The minimum atomic E-state index is -0.188. The van der Waals surface area contributed by atoms with Gasteiger partial charge in [-0.3, -0.25) is 4.79 Å². The van der Waals surface area contributed by atoms with Crippen LogP contribution in [0.1, 0.15) is 12.5 Å². The van der Waals surface area contributed by atoms with Crippen molar-refractivity contribution < 1.29 is 9.53 Å². The standard InChI is InChI=1S/C12H10ClNO2S2/c1-2-16-9-4-3-8(13)5-7(9)6-10-11(15)14-12(17)18-10/h3-6H,2H2,1H3,(H,14,15,17)/b10-6-. The molecule has 0 bridgehead atoms. The molecule has 2 rings (SSSR count). The SMILES string of the molecule is CCOc1ccc(Cl)cc1/C=C1\SC(=S)NC1=O. The molecule has 94 valence electrons. The third-order valence-corrected chi connectivity index (χ3v) is 3.60. The first-order valence-electron chi connectivity index (χ1n) is 5.27. The molecule has 18 heavy (non-hydrogen) atoms. The molecule has 1 N–H and O–H groups in total. The van der Waals surface area contributed by atoms with Gasteiger partial charge in [-0.15, -0.1) is 0 Å². The molecule has 0 saturated carbocycles. The van der Waals surface area contributed by atoms with Crippen LogP contribution in [0.25, 0.3) is 6.08 Å². The fraction of sp³-hybridized carbons (Fsp3) is 0.167. The number of ether oxygens (including phenoxy) is 1. The summed E-state index contributed by atoms with van der Waals surface area (Å²) in [6, 6.07) is 5.30. The zero-order valence-electron chi connectivity index (χ0n) is 9.53. The minimum Gasteiger partial charge on any atom is -0.493 e. The van der Waals surface area contributed by atoms with Gasteiger partial charge in [-0.05, 0) is 31.2 Å². The van der Waals surface area contributed by atoms with Crippen molar-refractivity contribution in [2.24, 2.45) is 0 Å². The summed E-state index contributed by atoms with van der Waals surface area (Å²) in [5.74, 6) is 0.507. The number of hydrogen-bond donors (Lipinski definition) is 1. The lowest BCUT2D eigenvalue weighted by Gasteiger charge is -2.07. The molecule has 3 nitrogen and oxygen atoms in total. The maximum atomic E-state index is 11.6. The van der Waals surface area contributed by atoms with Crippen LogP contribution in [0.4, 0.5) is 0 Å². The van der Waals surface area contributed by atoms with Gasteiger partial charge in [0, 0.05) is 10.6 Å². The Balaban J connectivity index is 2.38. The van der Waals surface area contributed by atoms with Crippen molar-refractivity contribution in [1.29, 1.82) is 0 Å². The topological polar surface area (TPSA) is 38.3 Å². The Kier molecular flexibility index (Phi) is 4.27. The Morgan fingerprint density at radius 2 is 2.33 bits per heavy atom. The summed E-state index contributed by atoms with van der Waals surface area (Å²) in [6.07, 6.45) is 1.73. The van der Waals surface area contributed by atoms with Crippen molar-refractivity contribution in [3.05, 3.63) is 33.7 Å². The molecule has 1 aliphatic rings. The summed E-state index contributed by atoms with van der Waals surface area (Å²) in [7, 11) is 0. The van der Waals surface area contributed by atoms with Gasteiger partial charge in [0.25, 0.3) is 5.91 Å². The van der Waals surface area contributed by atoms with E-state index in [0.717, 1.165) is 5.56 Å². The normalized spacial score (nSPS) is 17.1. The van der Waals surface area contributed by atoms with E-state index in [9.17, 15) is 4.79 Å². The van der Waals surface area contributed by atoms with Crippen LogP contribution >= 0.6 is 35.6 Å². The Bertz CT molecular complexity index is 543. The van der Waals surface area contributed by atoms with Gasteiger partial charge in [0.2, 0.25) is 0 Å². The van der Waals surface area contributed by atoms with Crippen molar-refractivity contribution in [3.8, 4) is 5.75 Å². The second kappa shape index (κ2) is 5.73. The van der Waals surface area contributed by atoms with Crippen molar-refractivity contribution in [3.63, 3.8) is 0 Å². The van der Waals surface area contributed by atoms with Gasteiger partial charge in [0.05, 0.1) is 11.5 Å². The van der Waals surface area contributed by atoms with E-state index in [1.807, 2.05) is 6.92 Å². The van der Waals surface area contributed by atoms with Crippen LogP contribution in [0.2, 0.25) is 5.02 Å². The van der Waals surface area contributed by atoms with Crippen LogP contribution in [0, 0.1) is 0 Å². The number of rotatable bonds is 3. The van der Waals surface area contributed by atoms with E-state index in [0.29, 0.717) is 26.6 Å². The number of amides is 1. The second-order valence-electron chi connectivity index (χ2n) is 3.47. The third kappa shape index (κ3) is 3.04. The lowest BCUT2D eigenvalue weighted by Crippen LogP contribution is -2.17. The van der Waals surface area contributed by atoms with Crippen LogP contribution in [-0.4, -0.2) is 16.8 Å². The molecule has 0 spiro atoms. The van der Waals surface area contributed by atoms with Crippen LogP contribution in [0.5, 0.6) is 5.75 Å². The van der Waals surface area contributed by atoms with Gasteiger partial charge in [-0.25, -0.2) is 0 Å². The Labute approximate surface area is 120 Å². The van der Waals surface area contributed by atoms with Crippen molar-refractivity contribution in [2.75, 3.05) is 6.61 Å². The number of hydrogen-bond acceptors (Lipinski definition) is 4. The second-order valence-corrected chi connectivity index (χ2v) is 5.62. The molecule has 0 aromatic heterocycles. The highest BCUT2D eigenvalue weighted by Crippen LogP contribution is 2.30. The van der Waals surface area contributed by atoms with E-state index in [1.165, 1.54) is 11.8 Å². The van der Waals surface area contributed by atoms with E-state index in [4.69, 9.17) is 28.6 Å². The predicted molar refractivity (Wildman–Crippen MR) is 78.9 cm³/mol. The first kappa shape index (κ1) is 13.4. The molecule has 0 atom stereocenters. The molecular formula is C12H10ClNO2S2.